The van der Waals surface area contributed by atoms with Crippen LogP contribution in [-0.2, 0) is 12.0 Å². The van der Waals surface area contributed by atoms with Crippen molar-refractivity contribution in [3.05, 3.63) is 65.5 Å². The van der Waals surface area contributed by atoms with Crippen molar-refractivity contribution in [3.63, 3.8) is 0 Å². The number of hydrogen-bond acceptors (Lipinski definition) is 3. The average molecular weight is 344 g/mol. The van der Waals surface area contributed by atoms with Gasteiger partial charge < -0.3 is 20.5 Å². The monoisotopic (exact) mass is 344 g/mol. The maximum atomic E-state index is 13.0. The van der Waals surface area contributed by atoms with Crippen LogP contribution in [0.4, 0.5) is 9.18 Å². The van der Waals surface area contributed by atoms with Gasteiger partial charge in [0.25, 0.3) is 0 Å². The molecule has 2 aromatic rings. The molecule has 0 saturated carbocycles. The molecule has 0 saturated heterocycles. The molecule has 2 aromatic carbocycles. The molecule has 5 nitrogen and oxygen atoms in total. The minimum Gasteiger partial charge on any atom is -0.491 e. The largest absolute Gasteiger partial charge is 0.491 e. The number of nitrogens with one attached hydrogen (secondary N) is 2. The summed E-state index contributed by atoms with van der Waals surface area (Å²) in [5, 5.41) is 16.0. The summed E-state index contributed by atoms with van der Waals surface area (Å²) in [5.41, 5.74) is 0.294. The van der Waals surface area contributed by atoms with Crippen LogP contribution < -0.4 is 15.4 Å². The van der Waals surface area contributed by atoms with Gasteiger partial charge in [-0.15, -0.1) is 0 Å². The minimum atomic E-state index is -1.29. The number of benzene rings is 2. The summed E-state index contributed by atoms with van der Waals surface area (Å²) in [6, 6.07) is 12.8. The third-order valence-corrected chi connectivity index (χ3v) is 4.27. The quantitative estimate of drug-likeness (QED) is 0.797. The van der Waals surface area contributed by atoms with Gasteiger partial charge in [-0.1, -0.05) is 30.3 Å². The van der Waals surface area contributed by atoms with E-state index in [1.165, 1.54) is 24.3 Å². The molecule has 6 heteroatoms. The second kappa shape index (κ2) is 7.11. The van der Waals surface area contributed by atoms with Gasteiger partial charge in [0.05, 0.1) is 12.6 Å². The fraction of sp³-hybridized carbons (Fsp3) is 0.316. The molecule has 0 aromatic heterocycles. The molecule has 1 aliphatic heterocycles. The highest BCUT2D eigenvalue weighted by atomic mass is 19.1. The van der Waals surface area contributed by atoms with Crippen LogP contribution in [0.2, 0.25) is 0 Å². The van der Waals surface area contributed by atoms with E-state index in [2.05, 4.69) is 10.6 Å². The van der Waals surface area contributed by atoms with Gasteiger partial charge in [-0.05, 0) is 42.7 Å². The third kappa shape index (κ3) is 4.28. The van der Waals surface area contributed by atoms with E-state index in [-0.39, 0.29) is 24.4 Å². The normalized spacial score (nSPS) is 18.4. The van der Waals surface area contributed by atoms with Crippen LogP contribution in [0.15, 0.2) is 48.5 Å². The van der Waals surface area contributed by atoms with Crippen molar-refractivity contribution in [2.75, 3.05) is 13.2 Å². The van der Waals surface area contributed by atoms with E-state index in [0.717, 1.165) is 11.3 Å². The van der Waals surface area contributed by atoms with Gasteiger partial charge in [0.1, 0.15) is 23.8 Å². The Morgan fingerprint density at radius 1 is 1.28 bits per heavy atom. The molecule has 0 spiro atoms. The fourth-order valence-electron chi connectivity index (χ4n) is 2.82. The number of fused-ring (bicyclic) bond motifs is 1. The minimum absolute atomic E-state index is 0.00856. The molecule has 2 atom stereocenters. The highest BCUT2D eigenvalue weighted by Gasteiger charge is 2.25. The van der Waals surface area contributed by atoms with Crippen molar-refractivity contribution in [2.45, 2.75) is 25.0 Å². The number of amides is 2. The topological polar surface area (TPSA) is 70.6 Å². The number of urea groups is 1. The molecule has 0 radical (unpaired) electrons. The molecule has 2 amide bonds. The van der Waals surface area contributed by atoms with E-state index >= 15 is 0 Å². The fourth-order valence-corrected chi connectivity index (χ4v) is 2.82. The predicted octanol–water partition coefficient (Wildman–Crippen LogP) is 2.34. The summed E-state index contributed by atoms with van der Waals surface area (Å²) in [6.45, 7) is 1.98. The highest BCUT2D eigenvalue weighted by Crippen LogP contribution is 2.24. The van der Waals surface area contributed by atoms with Crippen LogP contribution in [0.3, 0.4) is 0 Å². The Morgan fingerprint density at radius 2 is 2.00 bits per heavy atom. The molecule has 3 N–H and O–H groups in total. The summed E-state index contributed by atoms with van der Waals surface area (Å²) >= 11 is 0. The van der Waals surface area contributed by atoms with Crippen molar-refractivity contribution in [1.82, 2.24) is 10.6 Å². The first-order chi connectivity index (χ1) is 11.9. The lowest BCUT2D eigenvalue weighted by molar-refractivity contribution is 0.0590. The summed E-state index contributed by atoms with van der Waals surface area (Å²) in [4.78, 5) is 12.1. The first-order valence-corrected chi connectivity index (χ1v) is 8.17. The zero-order valence-electron chi connectivity index (χ0n) is 14.0. The summed E-state index contributed by atoms with van der Waals surface area (Å²) in [6.07, 6.45) is 0.692. The first-order valence-electron chi connectivity index (χ1n) is 8.17. The number of ether oxygens (including phenoxy) is 1. The van der Waals surface area contributed by atoms with Gasteiger partial charge in [0, 0.05) is 0 Å². The molecule has 1 heterocycles. The first kappa shape index (κ1) is 17.2. The highest BCUT2D eigenvalue weighted by molar-refractivity contribution is 5.74. The second-order valence-electron chi connectivity index (χ2n) is 6.43. The molecule has 3 rings (SSSR count). The second-order valence-corrected chi connectivity index (χ2v) is 6.43. The van der Waals surface area contributed by atoms with Gasteiger partial charge in [-0.2, -0.15) is 0 Å². The number of carbonyl (C=O) groups is 1. The number of rotatable bonds is 4. The van der Waals surface area contributed by atoms with Crippen LogP contribution in [0.1, 0.15) is 18.1 Å². The average Bonchev–Trinajstić information content (AvgIpc) is 2.60. The van der Waals surface area contributed by atoms with E-state index in [1.807, 2.05) is 24.3 Å². The Hall–Kier alpha value is -2.60. The molecular weight excluding hydrogens is 323 g/mol. The SMILES string of the molecule is CC(O)(CNC(=O)NC1COc2ccccc2C1)c1ccc(F)cc1. The van der Waals surface area contributed by atoms with E-state index in [4.69, 9.17) is 4.74 Å². The Balaban J connectivity index is 1.52. The lowest BCUT2D eigenvalue weighted by atomic mass is 9.96. The van der Waals surface area contributed by atoms with Crippen molar-refractivity contribution in [3.8, 4) is 5.75 Å². The number of carbonyl (C=O) groups excluding carboxylic acids is 1. The maximum absolute atomic E-state index is 13.0. The molecule has 0 aliphatic carbocycles. The van der Waals surface area contributed by atoms with Gasteiger partial charge >= 0.3 is 6.03 Å². The summed E-state index contributed by atoms with van der Waals surface area (Å²) in [5.74, 6) is 0.475. The van der Waals surface area contributed by atoms with E-state index in [0.29, 0.717) is 18.6 Å². The standard InChI is InChI=1S/C19H21FN2O3/c1-19(24,14-6-8-15(20)9-7-14)12-21-18(23)22-16-10-13-4-2-3-5-17(13)25-11-16/h2-9,16,24H,10-12H2,1H3,(H2,21,22,23). The number of para-hydroxylation sites is 1. The van der Waals surface area contributed by atoms with E-state index in [1.54, 1.807) is 6.92 Å². The lowest BCUT2D eigenvalue weighted by Crippen LogP contribution is -2.50. The number of aliphatic hydroxyl groups is 1. The third-order valence-electron chi connectivity index (χ3n) is 4.27. The van der Waals surface area contributed by atoms with Gasteiger partial charge in [-0.3, -0.25) is 0 Å². The summed E-state index contributed by atoms with van der Waals surface area (Å²) in [7, 11) is 0. The molecular formula is C19H21FN2O3. The summed E-state index contributed by atoms with van der Waals surface area (Å²) < 4.78 is 18.6. The van der Waals surface area contributed by atoms with Crippen molar-refractivity contribution >= 4 is 6.03 Å². The number of hydrogen-bond donors (Lipinski definition) is 3. The molecule has 1 aliphatic rings. The molecule has 132 valence electrons. The van der Waals surface area contributed by atoms with Crippen molar-refractivity contribution < 1.29 is 19.0 Å². The zero-order chi connectivity index (χ0) is 17.9. The predicted molar refractivity (Wildman–Crippen MR) is 91.9 cm³/mol. The van der Waals surface area contributed by atoms with Crippen LogP contribution in [0, 0.1) is 5.82 Å². The molecule has 0 fully saturated rings. The smallest absolute Gasteiger partial charge is 0.315 e. The molecule has 2 unspecified atom stereocenters. The van der Waals surface area contributed by atoms with Crippen LogP contribution in [-0.4, -0.2) is 30.3 Å². The lowest BCUT2D eigenvalue weighted by Gasteiger charge is -2.28. The molecule has 25 heavy (non-hydrogen) atoms. The van der Waals surface area contributed by atoms with Gasteiger partial charge in [0.2, 0.25) is 0 Å². The van der Waals surface area contributed by atoms with E-state index < -0.39 is 5.60 Å². The van der Waals surface area contributed by atoms with Crippen molar-refractivity contribution in [2.24, 2.45) is 0 Å². The Bertz CT molecular complexity index is 747. The van der Waals surface area contributed by atoms with E-state index in [9.17, 15) is 14.3 Å². The Labute approximate surface area is 145 Å². The maximum Gasteiger partial charge on any atom is 0.315 e. The van der Waals surface area contributed by atoms with Crippen LogP contribution >= 0.6 is 0 Å². The Kier molecular flexibility index (Phi) is 4.90. The van der Waals surface area contributed by atoms with Crippen molar-refractivity contribution in [1.29, 1.82) is 0 Å². The molecule has 0 bridgehead atoms. The van der Waals surface area contributed by atoms with Gasteiger partial charge in [-0.25, -0.2) is 9.18 Å². The zero-order valence-corrected chi connectivity index (χ0v) is 14.0. The Morgan fingerprint density at radius 3 is 2.76 bits per heavy atom. The van der Waals surface area contributed by atoms with Crippen LogP contribution in [0.5, 0.6) is 5.75 Å². The number of halogens is 1. The van der Waals surface area contributed by atoms with Gasteiger partial charge in [0.15, 0.2) is 0 Å². The van der Waals surface area contributed by atoms with Crippen LogP contribution in [0.25, 0.3) is 0 Å².